The van der Waals surface area contributed by atoms with Crippen molar-refractivity contribution in [2.24, 2.45) is 0 Å². The molecular formula is C13H12O2. The number of hydrogen-bond donors (Lipinski definition) is 2. The Morgan fingerprint density at radius 1 is 0.867 bits per heavy atom. The van der Waals surface area contributed by atoms with E-state index in [1.807, 2.05) is 31.2 Å². The second kappa shape index (κ2) is 3.65. The lowest BCUT2D eigenvalue weighted by atomic mass is 10.0. The van der Waals surface area contributed by atoms with Crippen molar-refractivity contribution >= 4 is 0 Å². The molecule has 0 unspecified atom stereocenters. The number of rotatable bonds is 1. The maximum atomic E-state index is 9.64. The predicted octanol–water partition coefficient (Wildman–Crippen LogP) is 3.07. The molecule has 0 fully saturated rings. The van der Waals surface area contributed by atoms with E-state index in [-0.39, 0.29) is 11.5 Å². The van der Waals surface area contributed by atoms with Crippen molar-refractivity contribution in [2.45, 2.75) is 6.92 Å². The number of hydrogen-bond acceptors (Lipinski definition) is 2. The zero-order chi connectivity index (χ0) is 10.8. The molecule has 0 saturated carbocycles. The molecule has 0 atom stereocenters. The van der Waals surface area contributed by atoms with E-state index in [0.29, 0.717) is 0 Å². The second-order valence-electron chi connectivity index (χ2n) is 3.52. The van der Waals surface area contributed by atoms with E-state index in [2.05, 4.69) is 0 Å². The zero-order valence-electron chi connectivity index (χ0n) is 8.44. The molecule has 76 valence electrons. The Morgan fingerprint density at radius 3 is 2.27 bits per heavy atom. The van der Waals surface area contributed by atoms with Gasteiger partial charge in [-0.15, -0.1) is 0 Å². The van der Waals surface area contributed by atoms with Crippen LogP contribution in [0.1, 0.15) is 5.56 Å². The molecule has 0 aliphatic rings. The van der Waals surface area contributed by atoms with Gasteiger partial charge in [0.05, 0.1) is 0 Å². The van der Waals surface area contributed by atoms with Gasteiger partial charge in [0.2, 0.25) is 0 Å². The molecule has 0 aromatic heterocycles. The highest BCUT2D eigenvalue weighted by atomic mass is 16.3. The van der Waals surface area contributed by atoms with Crippen molar-refractivity contribution in [1.82, 2.24) is 0 Å². The van der Waals surface area contributed by atoms with Crippen molar-refractivity contribution in [1.29, 1.82) is 0 Å². The maximum absolute atomic E-state index is 9.64. The van der Waals surface area contributed by atoms with Crippen LogP contribution in [0, 0.1) is 6.92 Å². The van der Waals surface area contributed by atoms with Gasteiger partial charge in [0.25, 0.3) is 0 Å². The largest absolute Gasteiger partial charge is 0.508 e. The van der Waals surface area contributed by atoms with Gasteiger partial charge in [0, 0.05) is 5.56 Å². The Bertz CT molecular complexity index is 490. The van der Waals surface area contributed by atoms with Gasteiger partial charge in [-0.2, -0.15) is 0 Å². The standard InChI is InChI=1S/C13H12O2/c1-9-6-7-10(8-13(9)15)11-4-2-3-5-12(11)14/h2-8,14-15H,1H3. The summed E-state index contributed by atoms with van der Waals surface area (Å²) < 4.78 is 0. The molecule has 15 heavy (non-hydrogen) atoms. The first kappa shape index (κ1) is 9.59. The second-order valence-corrected chi connectivity index (χ2v) is 3.52. The monoisotopic (exact) mass is 200 g/mol. The fraction of sp³-hybridized carbons (Fsp3) is 0.0769. The number of aryl methyl sites for hydroxylation is 1. The molecule has 0 spiro atoms. The number of phenolic OH excluding ortho intramolecular Hbond substituents is 2. The fourth-order valence-corrected chi connectivity index (χ4v) is 1.49. The zero-order valence-corrected chi connectivity index (χ0v) is 8.44. The van der Waals surface area contributed by atoms with Crippen molar-refractivity contribution in [3.63, 3.8) is 0 Å². The third-order valence-electron chi connectivity index (χ3n) is 2.42. The molecule has 2 aromatic rings. The van der Waals surface area contributed by atoms with Crippen LogP contribution in [-0.2, 0) is 0 Å². The molecule has 0 saturated heterocycles. The van der Waals surface area contributed by atoms with Crippen LogP contribution in [0.3, 0.4) is 0 Å². The van der Waals surface area contributed by atoms with Gasteiger partial charge >= 0.3 is 0 Å². The van der Waals surface area contributed by atoms with Crippen LogP contribution in [-0.4, -0.2) is 10.2 Å². The molecule has 0 radical (unpaired) electrons. The summed E-state index contributed by atoms with van der Waals surface area (Å²) in [7, 11) is 0. The summed E-state index contributed by atoms with van der Waals surface area (Å²) in [5, 5.41) is 19.2. The molecule has 0 aliphatic carbocycles. The van der Waals surface area contributed by atoms with Crippen LogP contribution >= 0.6 is 0 Å². The van der Waals surface area contributed by atoms with Gasteiger partial charge in [-0.3, -0.25) is 0 Å². The van der Waals surface area contributed by atoms with E-state index in [1.54, 1.807) is 18.2 Å². The summed E-state index contributed by atoms with van der Waals surface area (Å²) in [6.07, 6.45) is 0. The summed E-state index contributed by atoms with van der Waals surface area (Å²) >= 11 is 0. The maximum Gasteiger partial charge on any atom is 0.123 e. The minimum Gasteiger partial charge on any atom is -0.508 e. The molecule has 0 bridgehead atoms. The molecule has 2 nitrogen and oxygen atoms in total. The van der Waals surface area contributed by atoms with Gasteiger partial charge in [-0.25, -0.2) is 0 Å². The Balaban J connectivity index is 2.55. The molecule has 2 heteroatoms. The lowest BCUT2D eigenvalue weighted by molar-refractivity contribution is 0.470. The van der Waals surface area contributed by atoms with Crippen molar-refractivity contribution in [2.75, 3.05) is 0 Å². The molecular weight excluding hydrogens is 188 g/mol. The van der Waals surface area contributed by atoms with Gasteiger partial charge in [-0.1, -0.05) is 30.3 Å². The van der Waals surface area contributed by atoms with E-state index in [1.165, 1.54) is 0 Å². The third kappa shape index (κ3) is 1.79. The van der Waals surface area contributed by atoms with Crippen molar-refractivity contribution in [3.8, 4) is 22.6 Å². The Morgan fingerprint density at radius 2 is 1.60 bits per heavy atom. The van der Waals surface area contributed by atoms with Gasteiger partial charge in [0.1, 0.15) is 11.5 Å². The van der Waals surface area contributed by atoms with Crippen LogP contribution in [0.5, 0.6) is 11.5 Å². The minimum absolute atomic E-state index is 0.223. The van der Waals surface area contributed by atoms with Crippen LogP contribution in [0.15, 0.2) is 42.5 Å². The van der Waals surface area contributed by atoms with E-state index in [0.717, 1.165) is 16.7 Å². The normalized spacial score (nSPS) is 10.2. The van der Waals surface area contributed by atoms with Crippen LogP contribution in [0.2, 0.25) is 0 Å². The smallest absolute Gasteiger partial charge is 0.123 e. The summed E-state index contributed by atoms with van der Waals surface area (Å²) in [5.41, 5.74) is 2.37. The first-order chi connectivity index (χ1) is 7.18. The molecule has 2 aromatic carbocycles. The number of phenols is 2. The first-order valence-corrected chi connectivity index (χ1v) is 4.76. The SMILES string of the molecule is Cc1ccc(-c2ccccc2O)cc1O. The summed E-state index contributed by atoms with van der Waals surface area (Å²) in [6.45, 7) is 1.84. The van der Waals surface area contributed by atoms with E-state index in [4.69, 9.17) is 0 Å². The van der Waals surface area contributed by atoms with Crippen LogP contribution in [0.4, 0.5) is 0 Å². The average molecular weight is 200 g/mol. The minimum atomic E-state index is 0.223. The summed E-state index contributed by atoms with van der Waals surface area (Å²) in [6, 6.07) is 12.4. The van der Waals surface area contributed by atoms with Crippen molar-refractivity contribution < 1.29 is 10.2 Å². The molecule has 0 aliphatic heterocycles. The van der Waals surface area contributed by atoms with E-state index >= 15 is 0 Å². The topological polar surface area (TPSA) is 40.5 Å². The number of benzene rings is 2. The highest BCUT2D eigenvalue weighted by Gasteiger charge is 2.04. The third-order valence-corrected chi connectivity index (χ3v) is 2.42. The molecule has 0 amide bonds. The number of aromatic hydroxyl groups is 2. The lowest BCUT2D eigenvalue weighted by Gasteiger charge is -2.06. The number of para-hydroxylation sites is 1. The molecule has 0 heterocycles. The Labute approximate surface area is 88.4 Å². The quantitative estimate of drug-likeness (QED) is 0.742. The van der Waals surface area contributed by atoms with Gasteiger partial charge in [0.15, 0.2) is 0 Å². The van der Waals surface area contributed by atoms with Crippen LogP contribution in [0.25, 0.3) is 11.1 Å². The Kier molecular flexibility index (Phi) is 2.34. The molecule has 2 rings (SSSR count). The van der Waals surface area contributed by atoms with E-state index in [9.17, 15) is 10.2 Å². The highest BCUT2D eigenvalue weighted by molar-refractivity contribution is 5.71. The lowest BCUT2D eigenvalue weighted by Crippen LogP contribution is -1.80. The van der Waals surface area contributed by atoms with E-state index < -0.39 is 0 Å². The predicted molar refractivity (Wildman–Crippen MR) is 59.9 cm³/mol. The van der Waals surface area contributed by atoms with Gasteiger partial charge < -0.3 is 10.2 Å². The fourth-order valence-electron chi connectivity index (χ4n) is 1.49. The van der Waals surface area contributed by atoms with Crippen molar-refractivity contribution in [3.05, 3.63) is 48.0 Å². The van der Waals surface area contributed by atoms with Gasteiger partial charge in [-0.05, 0) is 30.2 Å². The summed E-state index contributed by atoms with van der Waals surface area (Å²) in [5.74, 6) is 0.469. The first-order valence-electron chi connectivity index (χ1n) is 4.76. The highest BCUT2D eigenvalue weighted by Crippen LogP contribution is 2.31. The van der Waals surface area contributed by atoms with Crippen LogP contribution < -0.4 is 0 Å². The average Bonchev–Trinajstić information content (AvgIpc) is 2.23. The Hall–Kier alpha value is -1.96. The summed E-state index contributed by atoms with van der Waals surface area (Å²) in [4.78, 5) is 0. The molecule has 2 N–H and O–H groups in total.